The first-order chi connectivity index (χ1) is 11.9. The molecule has 1 heterocycles. The Hall–Kier alpha value is -1.95. The molecule has 3 aromatic rings. The molecular weight excluding hydrogens is 354 g/mol. The Bertz CT molecular complexity index is 931. The third-order valence-electron chi connectivity index (χ3n) is 4.10. The fourth-order valence-electron chi connectivity index (χ4n) is 2.57. The van der Waals surface area contributed by atoms with Crippen LogP contribution in [0, 0.1) is 18.7 Å². The normalized spacial score (nSPS) is 11.2. The minimum atomic E-state index is 0.371. The molecule has 4 nitrogen and oxygen atoms in total. The van der Waals surface area contributed by atoms with Crippen molar-refractivity contribution in [2.45, 2.75) is 27.1 Å². The first kappa shape index (κ1) is 17.9. The highest BCUT2D eigenvalue weighted by Gasteiger charge is 2.11. The van der Waals surface area contributed by atoms with Gasteiger partial charge in [-0.1, -0.05) is 29.8 Å². The maximum absolute atomic E-state index is 5.93. The molecule has 2 aromatic carbocycles. The molecular formula is C19H20ClN3OS. The number of aromatic nitrogens is 2. The van der Waals surface area contributed by atoms with Crippen molar-refractivity contribution in [3.05, 3.63) is 69.0 Å². The summed E-state index contributed by atoms with van der Waals surface area (Å²) in [6.07, 6.45) is 0. The second kappa shape index (κ2) is 7.52. The molecule has 0 N–H and O–H groups in total. The number of aryl methyl sites for hydroxylation is 2. The molecule has 0 radical (unpaired) electrons. The molecule has 25 heavy (non-hydrogen) atoms. The van der Waals surface area contributed by atoms with E-state index in [-0.39, 0.29) is 0 Å². The van der Waals surface area contributed by atoms with Crippen molar-refractivity contribution in [1.29, 1.82) is 0 Å². The van der Waals surface area contributed by atoms with Gasteiger partial charge in [-0.15, -0.1) is 5.10 Å². The summed E-state index contributed by atoms with van der Waals surface area (Å²) < 4.78 is 7.39. The highest BCUT2D eigenvalue weighted by atomic mass is 35.5. The first-order valence-electron chi connectivity index (χ1n) is 8.01. The lowest BCUT2D eigenvalue weighted by atomic mass is 10.1. The van der Waals surface area contributed by atoms with E-state index in [0.29, 0.717) is 17.4 Å². The molecule has 0 aliphatic rings. The zero-order valence-electron chi connectivity index (χ0n) is 14.5. The first-order valence-corrected chi connectivity index (χ1v) is 8.79. The smallest absolute Gasteiger partial charge is 0.288 e. The Morgan fingerprint density at radius 2 is 1.84 bits per heavy atom. The van der Waals surface area contributed by atoms with E-state index < -0.39 is 0 Å². The van der Waals surface area contributed by atoms with Crippen LogP contribution in [0.4, 0.5) is 0 Å². The minimum absolute atomic E-state index is 0.371. The van der Waals surface area contributed by atoms with E-state index in [1.807, 2.05) is 37.4 Å². The molecule has 0 saturated carbocycles. The lowest BCUT2D eigenvalue weighted by Gasteiger charge is -2.15. The van der Waals surface area contributed by atoms with Gasteiger partial charge in [0.05, 0.1) is 6.67 Å². The Morgan fingerprint density at radius 1 is 1.12 bits per heavy atom. The van der Waals surface area contributed by atoms with Crippen molar-refractivity contribution >= 4 is 23.8 Å². The standard InChI is InChI=1S/C19H20ClN3OS/c1-13-4-7-16(10-14(13)2)18-21-23(19(25)24-18)12-22(3)11-15-5-8-17(20)9-6-15/h4-10H,11-12H2,1-3H3. The minimum Gasteiger partial charge on any atom is -0.409 e. The van der Waals surface area contributed by atoms with Crippen LogP contribution in [-0.4, -0.2) is 21.7 Å². The second-order valence-corrected chi connectivity index (χ2v) is 7.04. The highest BCUT2D eigenvalue weighted by molar-refractivity contribution is 7.71. The third-order valence-corrected chi connectivity index (χ3v) is 4.65. The quantitative estimate of drug-likeness (QED) is 0.573. The van der Waals surface area contributed by atoms with Crippen molar-refractivity contribution in [2.24, 2.45) is 0 Å². The second-order valence-electron chi connectivity index (χ2n) is 6.25. The summed E-state index contributed by atoms with van der Waals surface area (Å²) in [5.74, 6) is 0.549. The number of rotatable bonds is 5. The zero-order valence-corrected chi connectivity index (χ0v) is 16.1. The molecule has 6 heteroatoms. The van der Waals surface area contributed by atoms with Gasteiger partial charge in [0.25, 0.3) is 4.84 Å². The van der Waals surface area contributed by atoms with Crippen LogP contribution in [0.2, 0.25) is 5.02 Å². The van der Waals surface area contributed by atoms with Gasteiger partial charge >= 0.3 is 0 Å². The number of hydrogen-bond acceptors (Lipinski definition) is 4. The summed E-state index contributed by atoms with van der Waals surface area (Å²) in [4.78, 5) is 2.49. The van der Waals surface area contributed by atoms with Gasteiger partial charge in [-0.05, 0) is 74.1 Å². The largest absolute Gasteiger partial charge is 0.409 e. The highest BCUT2D eigenvalue weighted by Crippen LogP contribution is 2.21. The van der Waals surface area contributed by atoms with E-state index in [1.165, 1.54) is 16.7 Å². The fraction of sp³-hybridized carbons (Fsp3) is 0.263. The molecule has 130 valence electrons. The maximum atomic E-state index is 5.93. The van der Waals surface area contributed by atoms with Crippen molar-refractivity contribution in [1.82, 2.24) is 14.7 Å². The van der Waals surface area contributed by atoms with Crippen LogP contribution in [0.1, 0.15) is 16.7 Å². The molecule has 0 atom stereocenters. The third kappa shape index (κ3) is 4.37. The fourth-order valence-corrected chi connectivity index (χ4v) is 2.87. The monoisotopic (exact) mass is 373 g/mol. The number of hydrogen-bond donors (Lipinski definition) is 0. The van der Waals surface area contributed by atoms with Crippen LogP contribution >= 0.6 is 23.8 Å². The van der Waals surface area contributed by atoms with E-state index in [9.17, 15) is 0 Å². The molecule has 0 unspecified atom stereocenters. The van der Waals surface area contributed by atoms with Gasteiger partial charge in [-0.2, -0.15) is 0 Å². The van der Waals surface area contributed by atoms with Crippen LogP contribution < -0.4 is 0 Å². The topological polar surface area (TPSA) is 34.2 Å². The summed E-state index contributed by atoms with van der Waals surface area (Å²) in [5.41, 5.74) is 4.56. The number of halogens is 1. The Labute approximate surface area is 157 Å². The lowest BCUT2D eigenvalue weighted by Crippen LogP contribution is -2.22. The predicted molar refractivity (Wildman–Crippen MR) is 103 cm³/mol. The number of benzene rings is 2. The zero-order chi connectivity index (χ0) is 18.0. The molecule has 0 aliphatic carbocycles. The molecule has 0 amide bonds. The van der Waals surface area contributed by atoms with Gasteiger partial charge in [0.1, 0.15) is 0 Å². The summed E-state index contributed by atoms with van der Waals surface area (Å²) in [6, 6.07) is 14.0. The van der Waals surface area contributed by atoms with Gasteiger partial charge in [0, 0.05) is 17.1 Å². The van der Waals surface area contributed by atoms with Crippen LogP contribution in [0.3, 0.4) is 0 Å². The van der Waals surface area contributed by atoms with E-state index in [1.54, 1.807) is 4.68 Å². The summed E-state index contributed by atoms with van der Waals surface area (Å²) in [5, 5.41) is 5.27. The summed E-state index contributed by atoms with van der Waals surface area (Å²) in [7, 11) is 2.01. The molecule has 0 saturated heterocycles. The van der Waals surface area contributed by atoms with Crippen LogP contribution in [-0.2, 0) is 13.2 Å². The van der Waals surface area contributed by atoms with E-state index in [0.717, 1.165) is 17.1 Å². The summed E-state index contributed by atoms with van der Waals surface area (Å²) in [6.45, 7) is 5.48. The Morgan fingerprint density at radius 3 is 2.52 bits per heavy atom. The van der Waals surface area contributed by atoms with Gasteiger partial charge in [-0.3, -0.25) is 4.90 Å². The lowest BCUT2D eigenvalue weighted by molar-refractivity contribution is 0.240. The van der Waals surface area contributed by atoms with Crippen molar-refractivity contribution in [3.8, 4) is 11.5 Å². The van der Waals surface area contributed by atoms with E-state index in [4.69, 9.17) is 28.2 Å². The van der Waals surface area contributed by atoms with Crippen molar-refractivity contribution in [2.75, 3.05) is 7.05 Å². The molecule has 0 aliphatic heterocycles. The molecule has 0 spiro atoms. The average molecular weight is 374 g/mol. The molecule has 1 aromatic heterocycles. The van der Waals surface area contributed by atoms with Crippen LogP contribution in [0.25, 0.3) is 11.5 Å². The Kier molecular flexibility index (Phi) is 5.37. The van der Waals surface area contributed by atoms with Crippen molar-refractivity contribution in [3.63, 3.8) is 0 Å². The summed E-state index contributed by atoms with van der Waals surface area (Å²) >= 11 is 11.2. The average Bonchev–Trinajstić information content (AvgIpc) is 2.93. The Balaban J connectivity index is 1.74. The van der Waals surface area contributed by atoms with Crippen LogP contribution in [0.5, 0.6) is 0 Å². The van der Waals surface area contributed by atoms with E-state index in [2.05, 4.69) is 36.0 Å². The van der Waals surface area contributed by atoms with Gasteiger partial charge in [0.2, 0.25) is 5.89 Å². The molecule has 3 rings (SSSR count). The van der Waals surface area contributed by atoms with Gasteiger partial charge < -0.3 is 4.42 Å². The van der Waals surface area contributed by atoms with Gasteiger partial charge in [0.15, 0.2) is 0 Å². The van der Waals surface area contributed by atoms with Crippen LogP contribution in [0.15, 0.2) is 46.9 Å². The maximum Gasteiger partial charge on any atom is 0.288 e. The SMILES string of the molecule is Cc1ccc(-c2nn(CN(C)Cc3ccc(Cl)cc3)c(=S)o2)cc1C. The number of nitrogens with zero attached hydrogens (tertiary/aromatic N) is 3. The molecule has 0 fully saturated rings. The predicted octanol–water partition coefficient (Wildman–Crippen LogP) is 5.23. The van der Waals surface area contributed by atoms with Crippen molar-refractivity contribution < 1.29 is 4.42 Å². The molecule has 0 bridgehead atoms. The van der Waals surface area contributed by atoms with Gasteiger partial charge in [-0.25, -0.2) is 4.68 Å². The van der Waals surface area contributed by atoms with E-state index >= 15 is 0 Å².